The van der Waals surface area contributed by atoms with Gasteiger partial charge in [0.15, 0.2) is 5.65 Å². The Balaban J connectivity index is 2.06. The van der Waals surface area contributed by atoms with Gasteiger partial charge in [0, 0.05) is 18.3 Å². The number of hydrogen-bond donors (Lipinski definition) is 1. The van der Waals surface area contributed by atoms with Crippen molar-refractivity contribution in [3.8, 4) is 17.2 Å². The fourth-order valence-electron chi connectivity index (χ4n) is 3.70. The van der Waals surface area contributed by atoms with Crippen LogP contribution in [0.4, 0.5) is 5.69 Å². The van der Waals surface area contributed by atoms with Gasteiger partial charge in [-0.2, -0.15) is 0 Å². The molecule has 0 aliphatic carbocycles. The SMILES string of the molecule is CCCCN1CC(=O)n2c(=O)n(-c3ccc(O)cc3OC)c3nc(C)cc1c32. The van der Waals surface area contributed by atoms with Crippen LogP contribution >= 0.6 is 0 Å². The monoisotopic (exact) mass is 382 g/mol. The molecule has 0 amide bonds. The summed E-state index contributed by atoms with van der Waals surface area (Å²) in [4.78, 5) is 32.6. The number of rotatable bonds is 5. The maximum absolute atomic E-state index is 13.2. The highest BCUT2D eigenvalue weighted by molar-refractivity contribution is 6.02. The fourth-order valence-corrected chi connectivity index (χ4v) is 3.70. The minimum atomic E-state index is -0.488. The van der Waals surface area contributed by atoms with Crippen molar-refractivity contribution in [3.05, 3.63) is 40.4 Å². The number of unbranched alkanes of at least 4 members (excludes halogenated alkanes) is 1. The molecular weight excluding hydrogens is 360 g/mol. The van der Waals surface area contributed by atoms with E-state index in [1.54, 1.807) is 6.07 Å². The van der Waals surface area contributed by atoms with E-state index in [1.165, 1.54) is 28.4 Å². The van der Waals surface area contributed by atoms with Crippen LogP contribution in [0.2, 0.25) is 0 Å². The molecule has 8 nitrogen and oxygen atoms in total. The van der Waals surface area contributed by atoms with Crippen LogP contribution in [0.25, 0.3) is 16.9 Å². The van der Waals surface area contributed by atoms with Crippen LogP contribution in [0.15, 0.2) is 29.1 Å². The first kappa shape index (κ1) is 18.1. The molecule has 1 aliphatic heterocycles. The van der Waals surface area contributed by atoms with Crippen LogP contribution in [-0.4, -0.2) is 45.3 Å². The number of aromatic hydroxyl groups is 1. The Kier molecular flexibility index (Phi) is 4.33. The molecule has 146 valence electrons. The van der Waals surface area contributed by atoms with Crippen LogP contribution in [0.5, 0.6) is 11.5 Å². The zero-order valence-electron chi connectivity index (χ0n) is 16.1. The molecule has 4 rings (SSSR count). The van der Waals surface area contributed by atoms with E-state index >= 15 is 0 Å². The Hall–Kier alpha value is -3.29. The highest BCUT2D eigenvalue weighted by Gasteiger charge is 2.31. The zero-order chi connectivity index (χ0) is 20.0. The van der Waals surface area contributed by atoms with Gasteiger partial charge in [-0.3, -0.25) is 4.79 Å². The number of phenolic OH excluding ortho intramolecular Hbond substituents is 1. The van der Waals surface area contributed by atoms with Crippen molar-refractivity contribution in [2.24, 2.45) is 0 Å². The highest BCUT2D eigenvalue weighted by atomic mass is 16.5. The van der Waals surface area contributed by atoms with Gasteiger partial charge in [0.25, 0.3) is 5.91 Å². The molecule has 0 fully saturated rings. The van der Waals surface area contributed by atoms with E-state index in [9.17, 15) is 14.7 Å². The molecule has 0 spiro atoms. The van der Waals surface area contributed by atoms with Crippen molar-refractivity contribution in [2.45, 2.75) is 26.7 Å². The molecule has 2 aromatic heterocycles. The largest absolute Gasteiger partial charge is 0.508 e. The molecule has 28 heavy (non-hydrogen) atoms. The molecule has 0 bridgehead atoms. The van der Waals surface area contributed by atoms with Crippen molar-refractivity contribution in [2.75, 3.05) is 25.1 Å². The summed E-state index contributed by atoms with van der Waals surface area (Å²) >= 11 is 0. The average Bonchev–Trinajstić information content (AvgIpc) is 2.96. The van der Waals surface area contributed by atoms with Gasteiger partial charge in [-0.25, -0.2) is 18.9 Å². The van der Waals surface area contributed by atoms with Crippen LogP contribution in [-0.2, 0) is 0 Å². The summed E-state index contributed by atoms with van der Waals surface area (Å²) in [5, 5.41) is 9.76. The first-order valence-electron chi connectivity index (χ1n) is 9.27. The summed E-state index contributed by atoms with van der Waals surface area (Å²) in [7, 11) is 1.46. The Morgan fingerprint density at radius 3 is 2.68 bits per heavy atom. The molecular formula is C20H22N4O4. The van der Waals surface area contributed by atoms with Gasteiger partial charge >= 0.3 is 5.69 Å². The number of aryl methyl sites for hydroxylation is 1. The van der Waals surface area contributed by atoms with Crippen molar-refractivity contribution in [3.63, 3.8) is 0 Å². The van der Waals surface area contributed by atoms with Crippen LogP contribution in [0.3, 0.4) is 0 Å². The van der Waals surface area contributed by atoms with E-state index < -0.39 is 5.69 Å². The van der Waals surface area contributed by atoms with Crippen LogP contribution < -0.4 is 15.3 Å². The Morgan fingerprint density at radius 2 is 1.96 bits per heavy atom. The Morgan fingerprint density at radius 1 is 1.18 bits per heavy atom. The first-order chi connectivity index (χ1) is 13.5. The first-order valence-corrected chi connectivity index (χ1v) is 9.27. The number of carbonyl (C=O) groups excluding carboxylic acids is 1. The second kappa shape index (κ2) is 6.70. The predicted octanol–water partition coefficient (Wildman–Crippen LogP) is 2.47. The fraction of sp³-hybridized carbons (Fsp3) is 0.350. The molecule has 1 aromatic carbocycles. The summed E-state index contributed by atoms with van der Waals surface area (Å²) in [6.45, 7) is 4.86. The molecule has 0 atom stereocenters. The van der Waals surface area contributed by atoms with Gasteiger partial charge in [0.05, 0.1) is 25.0 Å². The summed E-state index contributed by atoms with van der Waals surface area (Å²) in [5.74, 6) is 0.0645. The molecule has 3 heterocycles. The molecule has 0 radical (unpaired) electrons. The highest BCUT2D eigenvalue weighted by Crippen LogP contribution is 2.34. The van der Waals surface area contributed by atoms with Crippen LogP contribution in [0.1, 0.15) is 30.3 Å². The molecule has 0 saturated heterocycles. The molecule has 0 unspecified atom stereocenters. The summed E-state index contributed by atoms with van der Waals surface area (Å²) in [5.41, 5.74) is 2.44. The number of hydrogen-bond acceptors (Lipinski definition) is 6. The third-order valence-corrected chi connectivity index (χ3v) is 5.00. The maximum atomic E-state index is 13.2. The second-order valence-corrected chi connectivity index (χ2v) is 6.93. The van der Waals surface area contributed by atoms with Gasteiger partial charge in [-0.15, -0.1) is 0 Å². The lowest BCUT2D eigenvalue weighted by Crippen LogP contribution is -2.41. The number of benzene rings is 1. The van der Waals surface area contributed by atoms with Gasteiger partial charge in [-0.1, -0.05) is 13.3 Å². The summed E-state index contributed by atoms with van der Waals surface area (Å²) < 4.78 is 7.93. The number of nitrogens with zero attached hydrogens (tertiary/aromatic N) is 4. The van der Waals surface area contributed by atoms with Crippen molar-refractivity contribution >= 4 is 22.8 Å². The maximum Gasteiger partial charge on any atom is 0.342 e. The van der Waals surface area contributed by atoms with E-state index in [2.05, 4.69) is 11.9 Å². The summed E-state index contributed by atoms with van der Waals surface area (Å²) in [6, 6.07) is 6.40. The lowest BCUT2D eigenvalue weighted by molar-refractivity contribution is 0.0917. The minimum absolute atomic E-state index is 0.0216. The van der Waals surface area contributed by atoms with E-state index in [0.717, 1.165) is 30.8 Å². The van der Waals surface area contributed by atoms with Crippen molar-refractivity contribution in [1.29, 1.82) is 0 Å². The minimum Gasteiger partial charge on any atom is -0.508 e. The van der Waals surface area contributed by atoms with E-state index in [-0.39, 0.29) is 18.2 Å². The standard InChI is InChI=1S/C20H22N4O4/c1-4-5-8-22-11-17(26)24-18-15(22)9-12(2)21-19(18)23(20(24)27)14-7-6-13(25)10-16(14)28-3/h6-7,9-10,25H,4-5,8,11H2,1-3H3. The Bertz CT molecular complexity index is 1150. The lowest BCUT2D eigenvalue weighted by Gasteiger charge is -2.28. The van der Waals surface area contributed by atoms with Crippen LogP contribution in [0, 0.1) is 6.92 Å². The van der Waals surface area contributed by atoms with Crippen molar-refractivity contribution in [1.82, 2.24) is 14.1 Å². The topological polar surface area (TPSA) is 89.6 Å². The van der Waals surface area contributed by atoms with E-state index in [4.69, 9.17) is 4.74 Å². The molecule has 1 aliphatic rings. The number of pyridine rings is 1. The third kappa shape index (κ3) is 2.64. The number of anilines is 1. The zero-order valence-corrected chi connectivity index (χ0v) is 16.1. The summed E-state index contributed by atoms with van der Waals surface area (Å²) in [6.07, 6.45) is 1.96. The molecule has 3 aromatic rings. The van der Waals surface area contributed by atoms with E-state index in [0.29, 0.717) is 22.6 Å². The number of aromatic nitrogens is 3. The predicted molar refractivity (Wildman–Crippen MR) is 106 cm³/mol. The van der Waals surface area contributed by atoms with E-state index in [1.807, 2.05) is 17.9 Å². The molecule has 0 saturated carbocycles. The quantitative estimate of drug-likeness (QED) is 0.729. The number of ether oxygens (including phenoxy) is 1. The second-order valence-electron chi connectivity index (χ2n) is 6.93. The smallest absolute Gasteiger partial charge is 0.342 e. The Labute approximate surface area is 161 Å². The molecule has 8 heteroatoms. The van der Waals surface area contributed by atoms with Gasteiger partial charge < -0.3 is 14.7 Å². The van der Waals surface area contributed by atoms with Crippen molar-refractivity contribution < 1.29 is 14.6 Å². The third-order valence-electron chi connectivity index (χ3n) is 5.00. The van der Waals surface area contributed by atoms with Gasteiger partial charge in [0.2, 0.25) is 0 Å². The number of methoxy groups -OCH3 is 1. The number of phenols is 1. The number of imidazole rings is 1. The lowest BCUT2D eigenvalue weighted by atomic mass is 10.2. The average molecular weight is 382 g/mol. The number of carbonyl (C=O) groups is 1. The van der Waals surface area contributed by atoms with Gasteiger partial charge in [0.1, 0.15) is 17.0 Å². The van der Waals surface area contributed by atoms with Gasteiger partial charge in [-0.05, 0) is 31.5 Å². The molecule has 1 N–H and O–H groups in total. The normalized spacial score (nSPS) is 13.4.